The molecule has 0 spiro atoms. The normalized spacial score (nSPS) is 15.3. The maximum absolute atomic E-state index is 12.6. The first-order valence-electron chi connectivity index (χ1n) is 10.6. The molecule has 3 rings (SSSR count). The van der Waals surface area contributed by atoms with E-state index < -0.39 is 10.0 Å². The number of nitrogens with one attached hydrogen (secondary N) is 1. The van der Waals surface area contributed by atoms with E-state index in [4.69, 9.17) is 14.3 Å². The van der Waals surface area contributed by atoms with Crippen molar-refractivity contribution in [2.24, 2.45) is 4.99 Å². The molecule has 9 nitrogen and oxygen atoms in total. The van der Waals surface area contributed by atoms with Crippen LogP contribution in [0.1, 0.15) is 24.6 Å². The summed E-state index contributed by atoms with van der Waals surface area (Å²) in [6, 6.07) is 9.54. The molecule has 0 saturated carbocycles. The first-order chi connectivity index (χ1) is 15.0. The van der Waals surface area contributed by atoms with E-state index >= 15 is 0 Å². The van der Waals surface area contributed by atoms with E-state index in [-0.39, 0.29) is 29.7 Å². The van der Waals surface area contributed by atoms with Gasteiger partial charge in [0, 0.05) is 51.8 Å². The molecular formula is C21H32IN5O4S. The Morgan fingerprint density at radius 3 is 2.62 bits per heavy atom. The Hall–Kier alpha value is -1.86. The number of benzene rings is 1. The molecule has 178 valence electrons. The van der Waals surface area contributed by atoms with Gasteiger partial charge in [0.25, 0.3) is 0 Å². The van der Waals surface area contributed by atoms with E-state index in [1.54, 1.807) is 6.07 Å². The van der Waals surface area contributed by atoms with Crippen molar-refractivity contribution in [3.05, 3.63) is 47.9 Å². The lowest BCUT2D eigenvalue weighted by atomic mass is 10.2. The van der Waals surface area contributed by atoms with Gasteiger partial charge in [-0.2, -0.15) is 4.31 Å². The summed E-state index contributed by atoms with van der Waals surface area (Å²) in [4.78, 5) is 6.80. The van der Waals surface area contributed by atoms with Gasteiger partial charge in [-0.25, -0.2) is 8.42 Å². The van der Waals surface area contributed by atoms with Gasteiger partial charge in [-0.1, -0.05) is 23.4 Å². The lowest BCUT2D eigenvalue weighted by Gasteiger charge is -2.35. The first-order valence-corrected chi connectivity index (χ1v) is 12.2. The summed E-state index contributed by atoms with van der Waals surface area (Å²) in [6.07, 6.45) is 2.18. The van der Waals surface area contributed by atoms with Crippen molar-refractivity contribution in [1.29, 1.82) is 0 Å². The fourth-order valence-electron chi connectivity index (χ4n) is 3.34. The van der Waals surface area contributed by atoms with Crippen molar-refractivity contribution in [3.8, 4) is 5.75 Å². The van der Waals surface area contributed by atoms with E-state index in [9.17, 15) is 8.42 Å². The number of guanidine groups is 1. The maximum Gasteiger partial charge on any atom is 0.220 e. The second-order valence-corrected chi connectivity index (χ2v) is 9.31. The van der Waals surface area contributed by atoms with Crippen molar-refractivity contribution in [3.63, 3.8) is 0 Å². The SMILES string of the molecule is CCNC(=NCCCOc1ccccc1C)N1CCN(S(=O)(=O)Cc2ccon2)CC1.I. The van der Waals surface area contributed by atoms with Crippen molar-refractivity contribution in [1.82, 2.24) is 19.7 Å². The van der Waals surface area contributed by atoms with Crippen LogP contribution in [0.3, 0.4) is 0 Å². The van der Waals surface area contributed by atoms with Gasteiger partial charge in [-0.3, -0.25) is 4.99 Å². The number of hydrogen-bond donors (Lipinski definition) is 1. The number of ether oxygens (including phenoxy) is 1. The minimum absolute atomic E-state index is 0. The molecule has 1 N–H and O–H groups in total. The van der Waals surface area contributed by atoms with Crippen molar-refractivity contribution < 1.29 is 17.7 Å². The summed E-state index contributed by atoms with van der Waals surface area (Å²) in [5, 5.41) is 7.01. The highest BCUT2D eigenvalue weighted by atomic mass is 127. The minimum Gasteiger partial charge on any atom is -0.493 e. The lowest BCUT2D eigenvalue weighted by molar-refractivity contribution is 0.259. The molecule has 0 aliphatic carbocycles. The van der Waals surface area contributed by atoms with Crippen LogP contribution in [0.15, 0.2) is 46.1 Å². The number of sulfonamides is 1. The van der Waals surface area contributed by atoms with Crippen LogP contribution < -0.4 is 10.1 Å². The molecule has 1 aliphatic heterocycles. The number of aryl methyl sites for hydroxylation is 1. The monoisotopic (exact) mass is 577 g/mol. The fourth-order valence-corrected chi connectivity index (χ4v) is 4.77. The van der Waals surface area contributed by atoms with Crippen LogP contribution in [0.5, 0.6) is 5.75 Å². The molecule has 1 aromatic carbocycles. The molecule has 2 aromatic rings. The molecule has 0 atom stereocenters. The minimum atomic E-state index is -3.41. The summed E-state index contributed by atoms with van der Waals surface area (Å²) in [6.45, 7) is 8.05. The summed E-state index contributed by atoms with van der Waals surface area (Å²) in [7, 11) is -3.41. The highest BCUT2D eigenvalue weighted by molar-refractivity contribution is 14.0. The molecule has 1 saturated heterocycles. The topological polar surface area (TPSA) is 100 Å². The second kappa shape index (κ2) is 13.0. The highest BCUT2D eigenvalue weighted by Crippen LogP contribution is 2.16. The van der Waals surface area contributed by atoms with E-state index in [0.717, 1.165) is 30.2 Å². The van der Waals surface area contributed by atoms with Crippen LogP contribution >= 0.6 is 24.0 Å². The van der Waals surface area contributed by atoms with Crippen LogP contribution in [-0.4, -0.2) is 74.6 Å². The van der Waals surface area contributed by atoms with E-state index in [2.05, 4.69) is 15.4 Å². The van der Waals surface area contributed by atoms with Gasteiger partial charge in [0.15, 0.2) is 5.96 Å². The zero-order chi connectivity index (χ0) is 22.1. The Labute approximate surface area is 207 Å². The van der Waals surface area contributed by atoms with Crippen LogP contribution in [0.2, 0.25) is 0 Å². The molecule has 0 bridgehead atoms. The molecule has 0 unspecified atom stereocenters. The van der Waals surface area contributed by atoms with Gasteiger partial charge < -0.3 is 19.5 Å². The number of nitrogens with zero attached hydrogens (tertiary/aromatic N) is 4. The number of aliphatic imine (C=N–C) groups is 1. The predicted octanol–water partition coefficient (Wildman–Crippen LogP) is 2.48. The number of halogens is 1. The third-order valence-electron chi connectivity index (χ3n) is 5.00. The van der Waals surface area contributed by atoms with Crippen LogP contribution in [0.4, 0.5) is 0 Å². The number of hydrogen-bond acceptors (Lipinski definition) is 6. The van der Waals surface area contributed by atoms with Gasteiger partial charge >= 0.3 is 0 Å². The van der Waals surface area contributed by atoms with E-state index in [1.807, 2.05) is 38.1 Å². The summed E-state index contributed by atoms with van der Waals surface area (Å²) < 4.78 is 37.3. The fraction of sp³-hybridized carbons (Fsp3) is 0.524. The van der Waals surface area contributed by atoms with Gasteiger partial charge in [-0.15, -0.1) is 24.0 Å². The van der Waals surface area contributed by atoms with Crippen LogP contribution in [0, 0.1) is 6.92 Å². The Morgan fingerprint density at radius 2 is 1.97 bits per heavy atom. The van der Waals surface area contributed by atoms with Crippen molar-refractivity contribution >= 4 is 40.0 Å². The Balaban J connectivity index is 0.00000363. The predicted molar refractivity (Wildman–Crippen MR) is 135 cm³/mol. The third-order valence-corrected chi connectivity index (χ3v) is 6.82. The summed E-state index contributed by atoms with van der Waals surface area (Å²) >= 11 is 0. The van der Waals surface area contributed by atoms with Gasteiger partial charge in [-0.05, 0) is 25.5 Å². The van der Waals surface area contributed by atoms with E-state index in [1.165, 1.54) is 10.6 Å². The third kappa shape index (κ3) is 7.62. The Bertz CT molecular complexity index is 945. The van der Waals surface area contributed by atoms with Crippen LogP contribution in [-0.2, 0) is 15.8 Å². The highest BCUT2D eigenvalue weighted by Gasteiger charge is 2.28. The van der Waals surface area contributed by atoms with Crippen molar-refractivity contribution in [2.45, 2.75) is 26.0 Å². The van der Waals surface area contributed by atoms with Gasteiger partial charge in [0.05, 0.1) is 12.3 Å². The lowest BCUT2D eigenvalue weighted by Crippen LogP contribution is -2.53. The number of aromatic nitrogens is 1. The largest absolute Gasteiger partial charge is 0.493 e. The molecule has 32 heavy (non-hydrogen) atoms. The van der Waals surface area contributed by atoms with Gasteiger partial charge in [0.2, 0.25) is 10.0 Å². The van der Waals surface area contributed by atoms with Crippen LogP contribution in [0.25, 0.3) is 0 Å². The molecular weight excluding hydrogens is 545 g/mol. The average molecular weight is 577 g/mol. The van der Waals surface area contributed by atoms with Gasteiger partial charge in [0.1, 0.15) is 17.8 Å². The molecule has 1 aliphatic rings. The number of piperazine rings is 1. The van der Waals surface area contributed by atoms with E-state index in [0.29, 0.717) is 45.0 Å². The summed E-state index contributed by atoms with van der Waals surface area (Å²) in [5.41, 5.74) is 1.54. The Morgan fingerprint density at radius 1 is 1.22 bits per heavy atom. The quantitative estimate of drug-likeness (QED) is 0.212. The first kappa shape index (κ1) is 26.4. The second-order valence-electron chi connectivity index (χ2n) is 7.34. The molecule has 0 radical (unpaired) electrons. The number of rotatable bonds is 9. The molecule has 1 fully saturated rings. The molecule has 11 heteroatoms. The smallest absolute Gasteiger partial charge is 0.220 e. The standard InChI is InChI=1S/C21H31N5O4S.HI/c1-3-22-21(23-10-6-15-29-20-8-5-4-7-18(20)2)25-11-13-26(14-12-25)31(27,28)17-19-9-16-30-24-19;/h4-5,7-9,16H,3,6,10-15,17H2,1-2H3,(H,22,23);1H. The molecule has 2 heterocycles. The number of para-hydroxylation sites is 1. The maximum atomic E-state index is 12.6. The molecule has 1 aromatic heterocycles. The van der Waals surface area contributed by atoms with Crippen molar-refractivity contribution in [2.75, 3.05) is 45.9 Å². The molecule has 0 amide bonds. The zero-order valence-electron chi connectivity index (χ0n) is 18.6. The summed E-state index contributed by atoms with van der Waals surface area (Å²) in [5.74, 6) is 1.58. The average Bonchev–Trinajstić information content (AvgIpc) is 3.26. The Kier molecular flexibility index (Phi) is 10.7. The zero-order valence-corrected chi connectivity index (χ0v) is 21.7.